The number of likely N-dealkylation sites (N-methyl/N-ethyl adjacent to an activating group) is 1. The van der Waals surface area contributed by atoms with Crippen LogP contribution in [-0.4, -0.2) is 13.6 Å². The molecule has 1 N–H and O–H groups in total. The topological polar surface area (TPSA) is 12.0 Å². The van der Waals surface area contributed by atoms with Gasteiger partial charge in [-0.05, 0) is 71.7 Å². The lowest BCUT2D eigenvalue weighted by atomic mass is 9.92. The highest BCUT2D eigenvalue weighted by atomic mass is 127. The predicted molar refractivity (Wildman–Crippen MR) is 90.6 cm³/mol. The minimum absolute atomic E-state index is 0.588. The zero-order valence-electron chi connectivity index (χ0n) is 11.3. The molecule has 0 heterocycles. The fourth-order valence-corrected chi connectivity index (χ4v) is 2.71. The van der Waals surface area contributed by atoms with Gasteiger partial charge in [0, 0.05) is 10.1 Å². The summed E-state index contributed by atoms with van der Waals surface area (Å²) in [6, 6.07) is 19.7. The van der Waals surface area contributed by atoms with Gasteiger partial charge in [0.1, 0.15) is 0 Å². The van der Waals surface area contributed by atoms with E-state index in [1.165, 1.54) is 21.1 Å². The number of halogens is 1. The Kier molecular flexibility index (Phi) is 5.86. The molecule has 0 aliphatic rings. The summed E-state index contributed by atoms with van der Waals surface area (Å²) in [5.74, 6) is 0.588. The fourth-order valence-electron chi connectivity index (χ4n) is 2.35. The highest BCUT2D eigenvalue weighted by Crippen LogP contribution is 2.21. The van der Waals surface area contributed by atoms with E-state index in [9.17, 15) is 0 Å². The van der Waals surface area contributed by atoms with Gasteiger partial charge in [-0.2, -0.15) is 0 Å². The van der Waals surface area contributed by atoms with Crippen LogP contribution in [0.15, 0.2) is 54.6 Å². The molecule has 1 nitrogen and oxygen atoms in total. The van der Waals surface area contributed by atoms with Crippen LogP contribution in [-0.2, 0) is 6.42 Å². The van der Waals surface area contributed by atoms with Crippen molar-refractivity contribution in [3.63, 3.8) is 0 Å². The van der Waals surface area contributed by atoms with E-state index < -0.39 is 0 Å². The molecule has 0 radical (unpaired) electrons. The molecule has 19 heavy (non-hydrogen) atoms. The van der Waals surface area contributed by atoms with Gasteiger partial charge in [-0.25, -0.2) is 0 Å². The first-order valence-corrected chi connectivity index (χ1v) is 7.81. The Morgan fingerprint density at radius 2 is 1.68 bits per heavy atom. The third kappa shape index (κ3) is 4.62. The van der Waals surface area contributed by atoms with Gasteiger partial charge in [0.05, 0.1) is 0 Å². The summed E-state index contributed by atoms with van der Waals surface area (Å²) in [7, 11) is 2.03. The van der Waals surface area contributed by atoms with Crippen molar-refractivity contribution in [1.29, 1.82) is 0 Å². The smallest absolute Gasteiger partial charge is 0.0130 e. The van der Waals surface area contributed by atoms with Crippen molar-refractivity contribution < 1.29 is 0 Å². The van der Waals surface area contributed by atoms with Crippen LogP contribution in [0.3, 0.4) is 0 Å². The maximum Gasteiger partial charge on any atom is 0.0130 e. The molecule has 0 fully saturated rings. The summed E-state index contributed by atoms with van der Waals surface area (Å²) in [6.07, 6.45) is 2.32. The average molecular weight is 365 g/mol. The minimum Gasteiger partial charge on any atom is -0.319 e. The van der Waals surface area contributed by atoms with Crippen molar-refractivity contribution in [2.75, 3.05) is 13.6 Å². The number of benzene rings is 2. The van der Waals surface area contributed by atoms with Gasteiger partial charge in [0.25, 0.3) is 0 Å². The van der Waals surface area contributed by atoms with Crippen molar-refractivity contribution in [3.8, 4) is 0 Å². The lowest BCUT2D eigenvalue weighted by Gasteiger charge is -2.17. The summed E-state index contributed by atoms with van der Waals surface area (Å²) in [5, 5.41) is 3.31. The molecule has 1 atom stereocenters. The van der Waals surface area contributed by atoms with E-state index in [0.29, 0.717) is 5.92 Å². The summed E-state index contributed by atoms with van der Waals surface area (Å²) >= 11 is 2.35. The summed E-state index contributed by atoms with van der Waals surface area (Å²) in [5.41, 5.74) is 2.86. The van der Waals surface area contributed by atoms with E-state index in [1.54, 1.807) is 0 Å². The van der Waals surface area contributed by atoms with Crippen LogP contribution in [0.1, 0.15) is 23.5 Å². The molecule has 2 rings (SSSR count). The van der Waals surface area contributed by atoms with Crippen molar-refractivity contribution >= 4 is 22.6 Å². The predicted octanol–water partition coefficient (Wildman–Crippen LogP) is 4.23. The zero-order chi connectivity index (χ0) is 13.5. The van der Waals surface area contributed by atoms with Crippen LogP contribution in [0.4, 0.5) is 0 Å². The lowest BCUT2D eigenvalue weighted by molar-refractivity contribution is 0.584. The molecule has 0 aromatic heterocycles. The zero-order valence-corrected chi connectivity index (χ0v) is 13.4. The normalized spacial score (nSPS) is 12.3. The molecule has 0 bridgehead atoms. The van der Waals surface area contributed by atoms with Gasteiger partial charge >= 0.3 is 0 Å². The Morgan fingerprint density at radius 1 is 1.00 bits per heavy atom. The van der Waals surface area contributed by atoms with Gasteiger partial charge in [-0.1, -0.05) is 42.5 Å². The number of rotatable bonds is 6. The molecule has 0 amide bonds. The minimum atomic E-state index is 0.588. The third-order valence-corrected chi connectivity index (χ3v) is 4.14. The molecular formula is C17H20IN. The Hall–Kier alpha value is -0.870. The second kappa shape index (κ2) is 7.65. The average Bonchev–Trinajstić information content (AvgIpc) is 2.46. The second-order valence-corrected chi connectivity index (χ2v) is 6.08. The van der Waals surface area contributed by atoms with Gasteiger partial charge < -0.3 is 5.32 Å². The maximum atomic E-state index is 3.31. The van der Waals surface area contributed by atoms with Gasteiger partial charge in [-0.15, -0.1) is 0 Å². The number of hydrogen-bond acceptors (Lipinski definition) is 1. The summed E-state index contributed by atoms with van der Waals surface area (Å²) in [4.78, 5) is 0. The summed E-state index contributed by atoms with van der Waals surface area (Å²) in [6.45, 7) is 1.04. The van der Waals surface area contributed by atoms with Gasteiger partial charge in [0.2, 0.25) is 0 Å². The Bertz CT molecular complexity index is 478. The first-order valence-electron chi connectivity index (χ1n) is 6.73. The van der Waals surface area contributed by atoms with Crippen LogP contribution in [0.25, 0.3) is 0 Å². The first kappa shape index (κ1) is 14.5. The Balaban J connectivity index is 1.99. The molecule has 2 aromatic carbocycles. The first-order chi connectivity index (χ1) is 9.29. The number of hydrogen-bond donors (Lipinski definition) is 1. The molecule has 0 spiro atoms. The molecule has 1 unspecified atom stereocenters. The number of nitrogens with one attached hydrogen (secondary N) is 1. The van der Waals surface area contributed by atoms with E-state index in [-0.39, 0.29) is 0 Å². The van der Waals surface area contributed by atoms with Crippen LogP contribution in [0.5, 0.6) is 0 Å². The maximum absolute atomic E-state index is 3.31. The molecule has 0 saturated heterocycles. The molecule has 2 aromatic rings. The van der Waals surface area contributed by atoms with Gasteiger partial charge in [-0.3, -0.25) is 0 Å². The van der Waals surface area contributed by atoms with Crippen LogP contribution in [0, 0.1) is 3.57 Å². The van der Waals surface area contributed by atoms with Crippen molar-refractivity contribution in [1.82, 2.24) is 5.32 Å². The largest absolute Gasteiger partial charge is 0.319 e. The SMILES string of the molecule is CNCC(CCc1ccc(I)cc1)c1ccccc1. The molecule has 0 aliphatic heterocycles. The fraction of sp³-hybridized carbons (Fsp3) is 0.294. The Labute approximate surface area is 129 Å². The van der Waals surface area contributed by atoms with Crippen LogP contribution >= 0.6 is 22.6 Å². The molecule has 2 heteroatoms. The molecule has 0 saturated carbocycles. The van der Waals surface area contributed by atoms with Crippen LogP contribution < -0.4 is 5.32 Å². The Morgan fingerprint density at radius 3 is 2.32 bits per heavy atom. The lowest BCUT2D eigenvalue weighted by Crippen LogP contribution is -2.17. The molecular weight excluding hydrogens is 345 g/mol. The van der Waals surface area contributed by atoms with E-state index >= 15 is 0 Å². The van der Waals surface area contributed by atoms with Crippen molar-refractivity contribution in [2.45, 2.75) is 18.8 Å². The molecule has 0 aliphatic carbocycles. The van der Waals surface area contributed by atoms with Gasteiger partial charge in [0.15, 0.2) is 0 Å². The van der Waals surface area contributed by atoms with E-state index in [4.69, 9.17) is 0 Å². The highest BCUT2D eigenvalue weighted by Gasteiger charge is 2.10. The van der Waals surface area contributed by atoms with Crippen molar-refractivity contribution in [2.24, 2.45) is 0 Å². The standard InChI is InChI=1S/C17H20IN/c1-19-13-16(15-5-3-2-4-6-15)10-7-14-8-11-17(18)12-9-14/h2-6,8-9,11-12,16,19H,7,10,13H2,1H3. The summed E-state index contributed by atoms with van der Waals surface area (Å²) < 4.78 is 1.30. The van der Waals surface area contributed by atoms with E-state index in [2.05, 4.69) is 82.5 Å². The van der Waals surface area contributed by atoms with E-state index in [0.717, 1.165) is 13.0 Å². The van der Waals surface area contributed by atoms with E-state index in [1.807, 2.05) is 7.05 Å². The quantitative estimate of drug-likeness (QED) is 0.756. The molecule has 100 valence electrons. The van der Waals surface area contributed by atoms with Crippen LogP contribution in [0.2, 0.25) is 0 Å². The highest BCUT2D eigenvalue weighted by molar-refractivity contribution is 14.1. The monoisotopic (exact) mass is 365 g/mol. The number of aryl methyl sites for hydroxylation is 1. The van der Waals surface area contributed by atoms with Crippen molar-refractivity contribution in [3.05, 3.63) is 69.3 Å². The third-order valence-electron chi connectivity index (χ3n) is 3.42. The second-order valence-electron chi connectivity index (χ2n) is 4.83.